The molecule has 1 aromatic carbocycles. The van der Waals surface area contributed by atoms with Gasteiger partial charge in [0.2, 0.25) is 0 Å². The van der Waals surface area contributed by atoms with Crippen molar-refractivity contribution in [2.45, 2.75) is 6.92 Å². The predicted molar refractivity (Wildman–Crippen MR) is 72.0 cm³/mol. The molecule has 1 aromatic heterocycles. The van der Waals surface area contributed by atoms with Crippen molar-refractivity contribution in [3.63, 3.8) is 0 Å². The molecule has 0 amide bonds. The topological polar surface area (TPSA) is 53.1 Å². The molecule has 0 spiro atoms. The molecule has 0 saturated heterocycles. The number of methoxy groups -OCH3 is 1. The van der Waals surface area contributed by atoms with Gasteiger partial charge in [0, 0.05) is 22.6 Å². The fraction of sp³-hybridized carbons (Fsp3) is 0.250. The Morgan fingerprint density at radius 2 is 2.12 bits per heavy atom. The molecule has 1 heterocycles. The SMILES string of the molecule is COc1cc(-c2cnn(C)c2N)cc(Br)c1C. The number of nitrogens with zero attached hydrogens (tertiary/aromatic N) is 2. The number of nitrogens with two attached hydrogens (primary N) is 1. The number of rotatable bonds is 2. The number of hydrogen-bond acceptors (Lipinski definition) is 3. The lowest BCUT2D eigenvalue weighted by Crippen LogP contribution is -1.98. The predicted octanol–water partition coefficient (Wildman–Crippen LogP) is 2.75. The molecule has 0 unspecified atom stereocenters. The summed E-state index contributed by atoms with van der Waals surface area (Å²) in [7, 11) is 3.48. The van der Waals surface area contributed by atoms with E-state index < -0.39 is 0 Å². The first-order valence-corrected chi connectivity index (χ1v) is 5.96. The smallest absolute Gasteiger partial charge is 0.129 e. The van der Waals surface area contributed by atoms with Crippen LogP contribution in [0.4, 0.5) is 5.82 Å². The number of ether oxygens (including phenoxy) is 1. The van der Waals surface area contributed by atoms with Gasteiger partial charge in [-0.25, -0.2) is 0 Å². The van der Waals surface area contributed by atoms with Gasteiger partial charge in [0.15, 0.2) is 0 Å². The fourth-order valence-corrected chi connectivity index (χ4v) is 2.13. The van der Waals surface area contributed by atoms with Crippen LogP contribution in [0.25, 0.3) is 11.1 Å². The van der Waals surface area contributed by atoms with E-state index in [2.05, 4.69) is 21.0 Å². The molecule has 2 rings (SSSR count). The Hall–Kier alpha value is -1.49. The van der Waals surface area contributed by atoms with Gasteiger partial charge in [-0.15, -0.1) is 0 Å². The third-order valence-corrected chi connectivity index (χ3v) is 3.64. The van der Waals surface area contributed by atoms with E-state index in [0.717, 1.165) is 26.9 Å². The van der Waals surface area contributed by atoms with Gasteiger partial charge in [0.25, 0.3) is 0 Å². The Balaban J connectivity index is 2.61. The molecule has 17 heavy (non-hydrogen) atoms. The summed E-state index contributed by atoms with van der Waals surface area (Å²) >= 11 is 3.52. The van der Waals surface area contributed by atoms with Crippen molar-refractivity contribution in [2.75, 3.05) is 12.8 Å². The van der Waals surface area contributed by atoms with Crippen LogP contribution in [0.15, 0.2) is 22.8 Å². The number of anilines is 1. The highest BCUT2D eigenvalue weighted by atomic mass is 79.9. The minimum atomic E-state index is 0.641. The highest BCUT2D eigenvalue weighted by Gasteiger charge is 2.11. The molecule has 2 N–H and O–H groups in total. The van der Waals surface area contributed by atoms with Crippen molar-refractivity contribution in [1.82, 2.24) is 9.78 Å². The van der Waals surface area contributed by atoms with Gasteiger partial charge in [0.05, 0.1) is 13.3 Å². The van der Waals surface area contributed by atoms with Crippen molar-refractivity contribution in [3.8, 4) is 16.9 Å². The Morgan fingerprint density at radius 1 is 1.41 bits per heavy atom. The lowest BCUT2D eigenvalue weighted by atomic mass is 10.1. The van der Waals surface area contributed by atoms with E-state index in [1.165, 1.54) is 0 Å². The molecular weight excluding hydrogens is 282 g/mol. The maximum absolute atomic E-state index is 5.96. The third kappa shape index (κ3) is 2.02. The van der Waals surface area contributed by atoms with Crippen LogP contribution in [0.1, 0.15) is 5.56 Å². The van der Waals surface area contributed by atoms with Gasteiger partial charge < -0.3 is 10.5 Å². The normalized spacial score (nSPS) is 10.6. The highest BCUT2D eigenvalue weighted by Crippen LogP contribution is 2.34. The quantitative estimate of drug-likeness (QED) is 0.927. The first-order chi connectivity index (χ1) is 8.04. The molecular formula is C12H14BrN3O. The van der Waals surface area contributed by atoms with E-state index in [1.807, 2.05) is 26.1 Å². The van der Waals surface area contributed by atoms with Gasteiger partial charge in [-0.2, -0.15) is 5.10 Å². The van der Waals surface area contributed by atoms with Crippen molar-refractivity contribution >= 4 is 21.7 Å². The zero-order chi connectivity index (χ0) is 12.6. The van der Waals surface area contributed by atoms with Gasteiger partial charge in [-0.1, -0.05) is 15.9 Å². The number of hydrogen-bond donors (Lipinski definition) is 1. The van der Waals surface area contributed by atoms with Crippen LogP contribution < -0.4 is 10.5 Å². The molecule has 90 valence electrons. The summed E-state index contributed by atoms with van der Waals surface area (Å²) < 4.78 is 7.98. The van der Waals surface area contributed by atoms with Crippen LogP contribution in [0.3, 0.4) is 0 Å². The Labute approximate surface area is 109 Å². The van der Waals surface area contributed by atoms with Gasteiger partial charge in [-0.05, 0) is 24.6 Å². The molecule has 0 aliphatic rings. The number of nitrogen functional groups attached to an aromatic ring is 1. The van der Waals surface area contributed by atoms with Gasteiger partial charge in [0.1, 0.15) is 11.6 Å². The lowest BCUT2D eigenvalue weighted by Gasteiger charge is -2.09. The standard InChI is InChI=1S/C12H14BrN3O/c1-7-10(13)4-8(5-11(7)17-3)9-6-15-16(2)12(9)14/h4-6H,14H2,1-3H3. The van der Waals surface area contributed by atoms with Crippen LogP contribution in [-0.2, 0) is 7.05 Å². The molecule has 0 saturated carbocycles. The maximum atomic E-state index is 5.96. The second kappa shape index (κ2) is 4.41. The van der Waals surface area contributed by atoms with Crippen LogP contribution in [0, 0.1) is 6.92 Å². The van der Waals surface area contributed by atoms with Gasteiger partial charge in [-0.3, -0.25) is 4.68 Å². The van der Waals surface area contributed by atoms with E-state index in [4.69, 9.17) is 10.5 Å². The summed E-state index contributed by atoms with van der Waals surface area (Å²) in [6.07, 6.45) is 1.76. The zero-order valence-electron chi connectivity index (χ0n) is 9.99. The largest absolute Gasteiger partial charge is 0.496 e. The maximum Gasteiger partial charge on any atom is 0.129 e. The van der Waals surface area contributed by atoms with Crippen LogP contribution in [0.2, 0.25) is 0 Å². The molecule has 2 aromatic rings. The van der Waals surface area contributed by atoms with E-state index in [-0.39, 0.29) is 0 Å². The second-order valence-corrected chi connectivity index (χ2v) is 4.71. The molecule has 5 heteroatoms. The molecule has 0 atom stereocenters. The molecule has 0 radical (unpaired) electrons. The molecule has 0 aliphatic carbocycles. The van der Waals surface area contributed by atoms with Crippen molar-refractivity contribution in [1.29, 1.82) is 0 Å². The Bertz CT molecular complexity index is 563. The average molecular weight is 296 g/mol. The van der Waals surface area contributed by atoms with Gasteiger partial charge >= 0.3 is 0 Å². The summed E-state index contributed by atoms with van der Waals surface area (Å²) in [5, 5.41) is 4.14. The molecule has 4 nitrogen and oxygen atoms in total. The van der Waals surface area contributed by atoms with Crippen LogP contribution >= 0.6 is 15.9 Å². The molecule has 0 bridgehead atoms. The van der Waals surface area contributed by atoms with Crippen molar-refractivity contribution in [3.05, 3.63) is 28.4 Å². The first-order valence-electron chi connectivity index (χ1n) is 5.16. The average Bonchev–Trinajstić information content (AvgIpc) is 2.64. The minimum Gasteiger partial charge on any atom is -0.496 e. The van der Waals surface area contributed by atoms with Crippen molar-refractivity contribution in [2.24, 2.45) is 7.05 Å². The monoisotopic (exact) mass is 295 g/mol. The van der Waals surface area contributed by atoms with Crippen LogP contribution in [0.5, 0.6) is 5.75 Å². The first kappa shape index (κ1) is 12.0. The fourth-order valence-electron chi connectivity index (χ4n) is 1.69. The summed E-state index contributed by atoms with van der Waals surface area (Å²) in [5.74, 6) is 1.47. The van der Waals surface area contributed by atoms with E-state index >= 15 is 0 Å². The minimum absolute atomic E-state index is 0.641. The Kier molecular flexibility index (Phi) is 3.11. The van der Waals surface area contributed by atoms with Crippen LogP contribution in [-0.4, -0.2) is 16.9 Å². The van der Waals surface area contributed by atoms with E-state index in [0.29, 0.717) is 5.82 Å². The second-order valence-electron chi connectivity index (χ2n) is 3.85. The number of aromatic nitrogens is 2. The summed E-state index contributed by atoms with van der Waals surface area (Å²) in [4.78, 5) is 0. The van der Waals surface area contributed by atoms with E-state index in [1.54, 1.807) is 18.0 Å². The summed E-state index contributed by atoms with van der Waals surface area (Å²) in [6.45, 7) is 2.00. The zero-order valence-corrected chi connectivity index (χ0v) is 11.6. The summed E-state index contributed by atoms with van der Waals surface area (Å²) in [6, 6.07) is 3.98. The summed E-state index contributed by atoms with van der Waals surface area (Å²) in [5.41, 5.74) is 8.93. The number of benzene rings is 1. The van der Waals surface area contributed by atoms with E-state index in [9.17, 15) is 0 Å². The highest BCUT2D eigenvalue weighted by molar-refractivity contribution is 9.10. The molecule has 0 fully saturated rings. The van der Waals surface area contributed by atoms with Crippen molar-refractivity contribution < 1.29 is 4.74 Å². The molecule has 0 aliphatic heterocycles. The third-order valence-electron chi connectivity index (χ3n) is 2.81. The number of aryl methyl sites for hydroxylation is 1. The Morgan fingerprint density at radius 3 is 2.65 bits per heavy atom. The lowest BCUT2D eigenvalue weighted by molar-refractivity contribution is 0.411. The number of halogens is 1.